The third-order valence-electron chi connectivity index (χ3n) is 6.91. The summed E-state index contributed by atoms with van der Waals surface area (Å²) in [6, 6.07) is 21.0. The molecule has 0 bridgehead atoms. The molecule has 196 valence electrons. The highest BCUT2D eigenvalue weighted by Gasteiger charge is 2.47. The fraction of sp³-hybridized carbons (Fsp3) is 0.300. The summed E-state index contributed by atoms with van der Waals surface area (Å²) in [4.78, 5) is 40.9. The van der Waals surface area contributed by atoms with Crippen molar-refractivity contribution in [3.05, 3.63) is 95.1 Å². The molecule has 1 aliphatic carbocycles. The van der Waals surface area contributed by atoms with Crippen molar-refractivity contribution >= 4 is 23.6 Å². The number of rotatable bonds is 9. The number of anilines is 1. The lowest BCUT2D eigenvalue weighted by molar-refractivity contribution is -0.126. The first-order chi connectivity index (χ1) is 18.4. The van der Waals surface area contributed by atoms with Gasteiger partial charge < -0.3 is 20.1 Å². The second-order valence-electron chi connectivity index (χ2n) is 9.83. The molecule has 2 N–H and O–H groups in total. The molecule has 1 saturated carbocycles. The van der Waals surface area contributed by atoms with Gasteiger partial charge in [0, 0.05) is 12.2 Å². The van der Waals surface area contributed by atoms with E-state index in [1.54, 1.807) is 48.5 Å². The number of hydrogen-bond donors (Lipinski definition) is 2. The molecule has 8 heteroatoms. The molecule has 0 radical (unpaired) electrons. The van der Waals surface area contributed by atoms with Gasteiger partial charge in [-0.2, -0.15) is 0 Å². The first kappa shape index (κ1) is 25.3. The van der Waals surface area contributed by atoms with Crippen molar-refractivity contribution in [2.24, 2.45) is 5.92 Å². The summed E-state index contributed by atoms with van der Waals surface area (Å²) < 4.78 is 11.1. The number of ether oxygens (including phenoxy) is 2. The Kier molecular flexibility index (Phi) is 7.31. The molecule has 1 heterocycles. The van der Waals surface area contributed by atoms with Crippen LogP contribution in [0, 0.1) is 12.8 Å². The van der Waals surface area contributed by atoms with Gasteiger partial charge in [-0.3, -0.25) is 14.5 Å². The van der Waals surface area contributed by atoms with Gasteiger partial charge in [-0.25, -0.2) is 4.79 Å². The van der Waals surface area contributed by atoms with Crippen molar-refractivity contribution in [3.63, 3.8) is 0 Å². The maximum Gasteiger partial charge on any atom is 0.411 e. The maximum absolute atomic E-state index is 13.4. The average molecular weight is 514 g/mol. The number of nitrogens with zero attached hydrogens (tertiary/aromatic N) is 1. The highest BCUT2D eigenvalue weighted by molar-refractivity contribution is 6.06. The number of nitrogens with one attached hydrogen (secondary N) is 2. The van der Waals surface area contributed by atoms with Crippen LogP contribution >= 0.6 is 0 Å². The number of benzene rings is 3. The molecule has 0 aromatic heterocycles. The number of aryl methyl sites for hydroxylation is 1. The van der Waals surface area contributed by atoms with Gasteiger partial charge >= 0.3 is 6.09 Å². The van der Waals surface area contributed by atoms with Crippen LogP contribution in [0.3, 0.4) is 0 Å². The first-order valence-corrected chi connectivity index (χ1v) is 12.8. The Labute approximate surface area is 221 Å². The van der Waals surface area contributed by atoms with Gasteiger partial charge in [-0.15, -0.1) is 0 Å². The standard InChI is InChI=1S/C30H31N3O5/c1-19-10-12-21(13-11-19)18-33-26(29(35)31-17-20-14-15-20)27(38-30(33)36)22-6-5-7-23(16-22)32-28(34)24-8-3-4-9-25(24)37-2/h3-13,16,20,26-27H,14-15,17-18H2,1-2H3,(H,31,35)(H,32,34). The smallest absolute Gasteiger partial charge is 0.411 e. The largest absolute Gasteiger partial charge is 0.496 e. The Morgan fingerprint density at radius 1 is 1.03 bits per heavy atom. The molecule has 2 aliphatic rings. The molecule has 3 aromatic rings. The van der Waals surface area contributed by atoms with Crippen LogP contribution in [0.2, 0.25) is 0 Å². The van der Waals surface area contributed by atoms with Crippen molar-refractivity contribution in [2.45, 2.75) is 38.5 Å². The van der Waals surface area contributed by atoms with Gasteiger partial charge in [0.25, 0.3) is 5.91 Å². The summed E-state index contributed by atoms with van der Waals surface area (Å²) in [5.74, 6) is 0.380. The van der Waals surface area contributed by atoms with Crippen LogP contribution in [0.5, 0.6) is 5.75 Å². The zero-order valence-corrected chi connectivity index (χ0v) is 21.5. The Morgan fingerprint density at radius 3 is 2.53 bits per heavy atom. The molecule has 2 unspecified atom stereocenters. The third-order valence-corrected chi connectivity index (χ3v) is 6.91. The summed E-state index contributed by atoms with van der Waals surface area (Å²) in [6.45, 7) is 2.84. The number of hydrogen-bond acceptors (Lipinski definition) is 5. The normalized spacial score (nSPS) is 18.6. The Balaban J connectivity index is 1.39. The highest BCUT2D eigenvalue weighted by atomic mass is 16.6. The second kappa shape index (κ2) is 11.0. The lowest BCUT2D eigenvalue weighted by Crippen LogP contribution is -2.46. The summed E-state index contributed by atoms with van der Waals surface area (Å²) in [6.07, 6.45) is 0.830. The Hall–Kier alpha value is -4.33. The van der Waals surface area contributed by atoms with Crippen LogP contribution in [-0.2, 0) is 16.1 Å². The third kappa shape index (κ3) is 5.64. The number of carbonyl (C=O) groups is 3. The van der Waals surface area contributed by atoms with E-state index in [-0.39, 0.29) is 18.4 Å². The molecule has 3 aromatic carbocycles. The SMILES string of the molecule is COc1ccccc1C(=O)Nc1cccc(C2OC(=O)N(Cc3ccc(C)cc3)C2C(=O)NCC2CC2)c1. The Morgan fingerprint density at radius 2 is 1.79 bits per heavy atom. The number of methoxy groups -OCH3 is 1. The van der Waals surface area contributed by atoms with Gasteiger partial charge in [-0.05, 0) is 61.1 Å². The molecule has 1 aliphatic heterocycles. The van der Waals surface area contributed by atoms with Crippen molar-refractivity contribution < 1.29 is 23.9 Å². The number of cyclic esters (lactones) is 1. The average Bonchev–Trinajstić information content (AvgIpc) is 3.71. The fourth-order valence-electron chi connectivity index (χ4n) is 4.60. The minimum Gasteiger partial charge on any atom is -0.496 e. The molecule has 1 saturated heterocycles. The lowest BCUT2D eigenvalue weighted by atomic mass is 9.99. The zero-order valence-electron chi connectivity index (χ0n) is 21.5. The Bertz CT molecular complexity index is 1340. The van der Waals surface area contributed by atoms with Crippen LogP contribution in [0.4, 0.5) is 10.5 Å². The van der Waals surface area contributed by atoms with Gasteiger partial charge in [-0.1, -0.05) is 54.1 Å². The van der Waals surface area contributed by atoms with Crippen molar-refractivity contribution in [2.75, 3.05) is 19.0 Å². The zero-order chi connectivity index (χ0) is 26.6. The highest BCUT2D eigenvalue weighted by Crippen LogP contribution is 2.36. The predicted octanol–water partition coefficient (Wildman–Crippen LogP) is 4.84. The van der Waals surface area contributed by atoms with E-state index in [0.717, 1.165) is 24.0 Å². The molecule has 38 heavy (non-hydrogen) atoms. The van der Waals surface area contributed by atoms with Gasteiger partial charge in [0.05, 0.1) is 19.2 Å². The van der Waals surface area contributed by atoms with Crippen molar-refractivity contribution in [3.8, 4) is 5.75 Å². The van der Waals surface area contributed by atoms with Gasteiger partial charge in [0.2, 0.25) is 5.91 Å². The van der Waals surface area contributed by atoms with E-state index in [2.05, 4.69) is 10.6 Å². The van der Waals surface area contributed by atoms with E-state index in [1.807, 2.05) is 31.2 Å². The number of carbonyl (C=O) groups excluding carboxylic acids is 3. The van der Waals surface area contributed by atoms with E-state index in [4.69, 9.17) is 9.47 Å². The van der Waals surface area contributed by atoms with E-state index in [0.29, 0.717) is 35.0 Å². The molecule has 0 spiro atoms. The quantitative estimate of drug-likeness (QED) is 0.427. The van der Waals surface area contributed by atoms with Gasteiger partial charge in [0.15, 0.2) is 12.1 Å². The molecular weight excluding hydrogens is 482 g/mol. The summed E-state index contributed by atoms with van der Waals surface area (Å²) in [5.41, 5.74) is 3.55. The predicted molar refractivity (Wildman–Crippen MR) is 143 cm³/mol. The van der Waals surface area contributed by atoms with E-state index in [1.165, 1.54) is 12.0 Å². The molecule has 2 atom stereocenters. The topological polar surface area (TPSA) is 97.0 Å². The molecule has 8 nitrogen and oxygen atoms in total. The van der Waals surface area contributed by atoms with Crippen LogP contribution < -0.4 is 15.4 Å². The molecule has 2 fully saturated rings. The minimum atomic E-state index is -0.845. The molecule has 5 rings (SSSR count). The number of amides is 3. The van der Waals surface area contributed by atoms with E-state index < -0.39 is 18.2 Å². The second-order valence-corrected chi connectivity index (χ2v) is 9.83. The summed E-state index contributed by atoms with van der Waals surface area (Å²) >= 11 is 0. The minimum absolute atomic E-state index is 0.247. The van der Waals surface area contributed by atoms with E-state index in [9.17, 15) is 14.4 Å². The fourth-order valence-corrected chi connectivity index (χ4v) is 4.60. The van der Waals surface area contributed by atoms with Gasteiger partial charge in [0.1, 0.15) is 5.75 Å². The van der Waals surface area contributed by atoms with Crippen LogP contribution in [-0.4, -0.2) is 42.5 Å². The van der Waals surface area contributed by atoms with Crippen molar-refractivity contribution in [1.29, 1.82) is 0 Å². The molecule has 3 amide bonds. The van der Waals surface area contributed by atoms with Crippen LogP contribution in [0.1, 0.15) is 46.0 Å². The first-order valence-electron chi connectivity index (χ1n) is 12.8. The van der Waals surface area contributed by atoms with Crippen molar-refractivity contribution in [1.82, 2.24) is 10.2 Å². The summed E-state index contributed by atoms with van der Waals surface area (Å²) in [7, 11) is 1.51. The number of para-hydroxylation sites is 1. The summed E-state index contributed by atoms with van der Waals surface area (Å²) in [5, 5.41) is 5.90. The van der Waals surface area contributed by atoms with Crippen LogP contribution in [0.15, 0.2) is 72.8 Å². The van der Waals surface area contributed by atoms with Crippen LogP contribution in [0.25, 0.3) is 0 Å². The van der Waals surface area contributed by atoms with E-state index >= 15 is 0 Å². The molecular formula is C30H31N3O5. The monoisotopic (exact) mass is 513 g/mol. The lowest BCUT2D eigenvalue weighted by Gasteiger charge is -2.24. The maximum atomic E-state index is 13.4.